The zero-order valence-corrected chi connectivity index (χ0v) is 20.5. The highest BCUT2D eigenvalue weighted by Crippen LogP contribution is 2.17. The number of nitrogens with zero attached hydrogens (tertiary/aromatic N) is 2. The predicted octanol–water partition coefficient (Wildman–Crippen LogP) is 4.54. The van der Waals surface area contributed by atoms with Gasteiger partial charge in [0.15, 0.2) is 5.96 Å². The number of aliphatic imine (C=N–C) groups is 1. The average Bonchev–Trinajstić information content (AvgIpc) is 3.00. The summed E-state index contributed by atoms with van der Waals surface area (Å²) in [4.78, 5) is 7.33. The zero-order valence-electron chi connectivity index (χ0n) is 18.1. The minimum atomic E-state index is 0. The van der Waals surface area contributed by atoms with E-state index in [0.717, 1.165) is 62.1 Å². The number of piperidine rings is 1. The lowest BCUT2D eigenvalue weighted by Gasteiger charge is -2.33. The molecule has 0 unspecified atom stereocenters. The summed E-state index contributed by atoms with van der Waals surface area (Å²) in [5.41, 5.74) is 3.98. The molecule has 0 amide bonds. The second-order valence-corrected chi connectivity index (χ2v) is 7.75. The molecule has 5 nitrogen and oxygen atoms in total. The molecule has 29 heavy (non-hydrogen) atoms. The van der Waals surface area contributed by atoms with Gasteiger partial charge in [0.1, 0.15) is 11.5 Å². The minimum Gasteiger partial charge on any atom is -0.466 e. The molecular weight excluding hydrogens is 475 g/mol. The van der Waals surface area contributed by atoms with Gasteiger partial charge in [0.05, 0.1) is 6.54 Å². The molecule has 2 heterocycles. The van der Waals surface area contributed by atoms with Gasteiger partial charge >= 0.3 is 0 Å². The number of rotatable bonds is 6. The van der Waals surface area contributed by atoms with Gasteiger partial charge in [0.2, 0.25) is 0 Å². The zero-order chi connectivity index (χ0) is 19.9. The lowest BCUT2D eigenvalue weighted by atomic mass is 10.0. The quantitative estimate of drug-likeness (QED) is 0.341. The third kappa shape index (κ3) is 7.03. The van der Waals surface area contributed by atoms with Crippen molar-refractivity contribution in [2.24, 2.45) is 4.99 Å². The summed E-state index contributed by atoms with van der Waals surface area (Å²) < 4.78 is 5.61. The number of guanidine groups is 1. The molecule has 0 bridgehead atoms. The monoisotopic (exact) mass is 510 g/mol. The van der Waals surface area contributed by atoms with Crippen LogP contribution in [0.2, 0.25) is 0 Å². The summed E-state index contributed by atoms with van der Waals surface area (Å²) in [6.07, 6.45) is 2.28. The molecule has 0 saturated carbocycles. The molecule has 0 radical (unpaired) electrons. The summed E-state index contributed by atoms with van der Waals surface area (Å²) in [5.74, 6) is 2.81. The van der Waals surface area contributed by atoms with Crippen molar-refractivity contribution in [3.05, 3.63) is 58.5 Å². The molecule has 1 saturated heterocycles. The number of aryl methyl sites for hydroxylation is 3. The third-order valence-corrected chi connectivity index (χ3v) is 5.48. The maximum Gasteiger partial charge on any atom is 0.191 e. The first-order valence-corrected chi connectivity index (χ1v) is 10.4. The van der Waals surface area contributed by atoms with Crippen molar-refractivity contribution in [3.8, 4) is 0 Å². The second-order valence-electron chi connectivity index (χ2n) is 7.75. The molecule has 1 aromatic heterocycles. The highest BCUT2D eigenvalue weighted by atomic mass is 127. The number of nitrogens with one attached hydrogen (secondary N) is 2. The van der Waals surface area contributed by atoms with E-state index in [4.69, 9.17) is 9.41 Å². The lowest BCUT2D eigenvalue weighted by Crippen LogP contribution is -2.48. The van der Waals surface area contributed by atoms with Crippen LogP contribution in [0.15, 0.2) is 39.7 Å². The van der Waals surface area contributed by atoms with E-state index in [-0.39, 0.29) is 24.0 Å². The fourth-order valence-corrected chi connectivity index (χ4v) is 3.78. The van der Waals surface area contributed by atoms with E-state index < -0.39 is 0 Å². The highest BCUT2D eigenvalue weighted by Gasteiger charge is 2.20. The molecule has 160 valence electrons. The van der Waals surface area contributed by atoms with Gasteiger partial charge in [-0.2, -0.15) is 0 Å². The van der Waals surface area contributed by atoms with Gasteiger partial charge in [0, 0.05) is 37.8 Å². The SMILES string of the molecule is CCNC(=NCc1cc(C)oc1C)NC1CCN(Cc2ccccc2C)CC1.I. The highest BCUT2D eigenvalue weighted by molar-refractivity contribution is 14.0. The van der Waals surface area contributed by atoms with Gasteiger partial charge in [-0.1, -0.05) is 24.3 Å². The van der Waals surface area contributed by atoms with Crippen LogP contribution in [0.1, 0.15) is 48.0 Å². The number of halogens is 1. The van der Waals surface area contributed by atoms with Crippen LogP contribution in [-0.4, -0.2) is 36.5 Å². The van der Waals surface area contributed by atoms with E-state index >= 15 is 0 Å². The largest absolute Gasteiger partial charge is 0.466 e. The van der Waals surface area contributed by atoms with Crippen molar-refractivity contribution in [2.75, 3.05) is 19.6 Å². The predicted molar refractivity (Wildman–Crippen MR) is 131 cm³/mol. The van der Waals surface area contributed by atoms with Gasteiger partial charge < -0.3 is 15.1 Å². The second kappa shape index (κ2) is 11.6. The number of hydrogen-bond donors (Lipinski definition) is 2. The Balaban J connectivity index is 0.00000300. The summed E-state index contributed by atoms with van der Waals surface area (Å²) in [7, 11) is 0. The Morgan fingerprint density at radius 1 is 1.14 bits per heavy atom. The molecule has 1 fully saturated rings. The normalized spacial score (nSPS) is 15.8. The molecule has 3 rings (SSSR count). The van der Waals surface area contributed by atoms with E-state index in [0.29, 0.717) is 12.6 Å². The first-order chi connectivity index (χ1) is 13.5. The van der Waals surface area contributed by atoms with Crippen LogP contribution in [0.5, 0.6) is 0 Å². The standard InChI is InChI=1S/C23H34N4O.HI/c1-5-24-23(25-15-21-14-18(3)28-19(21)4)26-22-10-12-27(13-11-22)16-20-9-7-6-8-17(20)2;/h6-9,14,22H,5,10-13,15-16H2,1-4H3,(H2,24,25,26);1H. The summed E-state index contributed by atoms with van der Waals surface area (Å²) in [5, 5.41) is 7.01. The molecule has 0 aliphatic carbocycles. The average molecular weight is 510 g/mol. The Morgan fingerprint density at radius 2 is 1.86 bits per heavy atom. The minimum absolute atomic E-state index is 0. The lowest BCUT2D eigenvalue weighted by molar-refractivity contribution is 0.198. The Morgan fingerprint density at radius 3 is 2.48 bits per heavy atom. The fourth-order valence-electron chi connectivity index (χ4n) is 3.78. The first-order valence-electron chi connectivity index (χ1n) is 10.4. The number of likely N-dealkylation sites (tertiary alicyclic amines) is 1. The summed E-state index contributed by atoms with van der Waals surface area (Å²) >= 11 is 0. The molecule has 0 atom stereocenters. The van der Waals surface area contributed by atoms with Gasteiger partial charge in [0.25, 0.3) is 0 Å². The van der Waals surface area contributed by atoms with E-state index in [1.807, 2.05) is 13.8 Å². The number of benzene rings is 1. The van der Waals surface area contributed by atoms with Crippen LogP contribution in [0.4, 0.5) is 0 Å². The smallest absolute Gasteiger partial charge is 0.191 e. The molecule has 1 aliphatic heterocycles. The van der Waals surface area contributed by atoms with Gasteiger partial charge in [-0.25, -0.2) is 4.99 Å². The molecule has 2 aromatic rings. The van der Waals surface area contributed by atoms with E-state index in [1.54, 1.807) is 0 Å². The Hall–Kier alpha value is -1.54. The van der Waals surface area contributed by atoms with Crippen molar-refractivity contribution in [2.45, 2.75) is 59.7 Å². The fraction of sp³-hybridized carbons (Fsp3) is 0.522. The van der Waals surface area contributed by atoms with E-state index in [9.17, 15) is 0 Å². The number of furan rings is 1. The van der Waals surface area contributed by atoms with Crippen LogP contribution in [-0.2, 0) is 13.1 Å². The Labute approximate surface area is 192 Å². The van der Waals surface area contributed by atoms with Crippen LogP contribution in [0, 0.1) is 20.8 Å². The van der Waals surface area contributed by atoms with Crippen molar-refractivity contribution in [1.82, 2.24) is 15.5 Å². The number of hydrogen-bond acceptors (Lipinski definition) is 3. The van der Waals surface area contributed by atoms with Crippen molar-refractivity contribution in [3.63, 3.8) is 0 Å². The van der Waals surface area contributed by atoms with Crippen LogP contribution < -0.4 is 10.6 Å². The maximum atomic E-state index is 5.61. The van der Waals surface area contributed by atoms with Gasteiger partial charge in [-0.3, -0.25) is 4.90 Å². The van der Waals surface area contributed by atoms with Crippen LogP contribution in [0.25, 0.3) is 0 Å². The van der Waals surface area contributed by atoms with E-state index in [1.165, 1.54) is 11.1 Å². The molecule has 1 aromatic carbocycles. The van der Waals surface area contributed by atoms with Crippen molar-refractivity contribution < 1.29 is 4.42 Å². The molecule has 0 spiro atoms. The van der Waals surface area contributed by atoms with E-state index in [2.05, 4.69) is 59.7 Å². The summed E-state index contributed by atoms with van der Waals surface area (Å²) in [6.45, 7) is 13.1. The molecule has 6 heteroatoms. The van der Waals surface area contributed by atoms with Gasteiger partial charge in [-0.05, 0) is 57.7 Å². The Kier molecular flexibility index (Phi) is 9.49. The van der Waals surface area contributed by atoms with Crippen molar-refractivity contribution >= 4 is 29.9 Å². The summed E-state index contributed by atoms with van der Waals surface area (Å²) in [6, 6.07) is 11.2. The van der Waals surface area contributed by atoms with Crippen LogP contribution >= 0.6 is 24.0 Å². The van der Waals surface area contributed by atoms with Crippen molar-refractivity contribution in [1.29, 1.82) is 0 Å². The molecule has 1 aliphatic rings. The molecular formula is C23H35IN4O. The molecule has 2 N–H and O–H groups in total. The topological polar surface area (TPSA) is 52.8 Å². The van der Waals surface area contributed by atoms with Gasteiger partial charge in [-0.15, -0.1) is 24.0 Å². The van der Waals surface area contributed by atoms with Crippen LogP contribution in [0.3, 0.4) is 0 Å². The maximum absolute atomic E-state index is 5.61. The first kappa shape index (κ1) is 23.7. The Bertz CT molecular complexity index is 794. The third-order valence-electron chi connectivity index (χ3n) is 5.48.